The molecule has 0 fully saturated rings. The molecular weight excluding hydrogens is 218 g/mol. The zero-order valence-electron chi connectivity index (χ0n) is 10.4. The van der Waals surface area contributed by atoms with Crippen molar-refractivity contribution in [3.63, 3.8) is 0 Å². The molecule has 0 spiro atoms. The van der Waals surface area contributed by atoms with Gasteiger partial charge in [-0.25, -0.2) is 0 Å². The molecule has 1 N–H and O–H groups in total. The lowest BCUT2D eigenvalue weighted by Crippen LogP contribution is -2.15. The second-order valence-electron chi connectivity index (χ2n) is 4.36. The molecule has 0 aliphatic carbocycles. The van der Waals surface area contributed by atoms with Gasteiger partial charge in [-0.1, -0.05) is 30.2 Å². The van der Waals surface area contributed by atoms with E-state index in [1.807, 2.05) is 0 Å². The number of hydrogen-bond acceptors (Lipinski definition) is 1. The van der Waals surface area contributed by atoms with Crippen LogP contribution in [-0.4, -0.2) is 12.4 Å². The normalized spacial score (nSPS) is 10.7. The predicted octanol–water partition coefficient (Wildman–Crippen LogP) is 3.80. The van der Waals surface area contributed by atoms with Crippen molar-refractivity contribution in [2.24, 2.45) is 0 Å². The first-order valence-electron chi connectivity index (χ1n) is 6.07. The Morgan fingerprint density at radius 3 is 2.69 bits per heavy atom. The van der Waals surface area contributed by atoms with Crippen molar-refractivity contribution < 1.29 is 0 Å². The molecule has 1 aromatic rings. The fourth-order valence-corrected chi connectivity index (χ4v) is 1.92. The van der Waals surface area contributed by atoms with E-state index in [-0.39, 0.29) is 0 Å². The highest BCUT2D eigenvalue weighted by molar-refractivity contribution is 6.17. The van der Waals surface area contributed by atoms with E-state index in [2.05, 4.69) is 37.4 Å². The average molecular weight is 240 g/mol. The van der Waals surface area contributed by atoms with Crippen molar-refractivity contribution in [2.45, 2.75) is 39.7 Å². The molecule has 0 aromatic heterocycles. The number of hydrogen-bond donors (Lipinski definition) is 1. The molecule has 1 nitrogen and oxygen atoms in total. The lowest BCUT2D eigenvalue weighted by molar-refractivity contribution is 0.616. The Morgan fingerprint density at radius 1 is 1.12 bits per heavy atom. The Bertz CT molecular complexity index is 310. The van der Waals surface area contributed by atoms with Gasteiger partial charge in [0, 0.05) is 12.4 Å². The van der Waals surface area contributed by atoms with Crippen LogP contribution < -0.4 is 5.32 Å². The highest BCUT2D eigenvalue weighted by Crippen LogP contribution is 2.10. The van der Waals surface area contributed by atoms with Gasteiger partial charge in [-0.05, 0) is 44.4 Å². The second-order valence-corrected chi connectivity index (χ2v) is 4.73. The van der Waals surface area contributed by atoms with Crippen molar-refractivity contribution >= 4 is 11.6 Å². The highest BCUT2D eigenvalue weighted by atomic mass is 35.5. The minimum atomic E-state index is 0.789. The van der Waals surface area contributed by atoms with Gasteiger partial charge in [0.1, 0.15) is 0 Å². The summed E-state index contributed by atoms with van der Waals surface area (Å²) in [5.41, 5.74) is 4.13. The van der Waals surface area contributed by atoms with E-state index in [0.29, 0.717) is 0 Å². The summed E-state index contributed by atoms with van der Waals surface area (Å²) in [6.45, 7) is 6.38. The van der Waals surface area contributed by atoms with Crippen LogP contribution in [0.2, 0.25) is 0 Å². The molecule has 1 rings (SSSR count). The van der Waals surface area contributed by atoms with E-state index in [1.54, 1.807) is 0 Å². The van der Waals surface area contributed by atoms with Gasteiger partial charge in [0.15, 0.2) is 0 Å². The second kappa shape index (κ2) is 7.70. The monoisotopic (exact) mass is 239 g/mol. The molecule has 2 heteroatoms. The Balaban J connectivity index is 2.23. The van der Waals surface area contributed by atoms with E-state index < -0.39 is 0 Å². The van der Waals surface area contributed by atoms with E-state index in [4.69, 9.17) is 11.6 Å². The summed E-state index contributed by atoms with van der Waals surface area (Å²) >= 11 is 5.63. The quantitative estimate of drug-likeness (QED) is 0.564. The van der Waals surface area contributed by atoms with Crippen LogP contribution in [0.5, 0.6) is 0 Å². The number of rotatable bonds is 7. The third-order valence-corrected chi connectivity index (χ3v) is 3.07. The van der Waals surface area contributed by atoms with Crippen LogP contribution in [0, 0.1) is 13.8 Å². The number of unbranched alkanes of at least 4 members (excludes halogenated alkanes) is 2. The van der Waals surface area contributed by atoms with Gasteiger partial charge in [0.05, 0.1) is 0 Å². The molecule has 0 aliphatic rings. The SMILES string of the molecule is Cc1ccc(C)c(CNCCCCCCl)c1. The maximum absolute atomic E-state index is 5.63. The van der Waals surface area contributed by atoms with Crippen LogP contribution >= 0.6 is 11.6 Å². The standard InChI is InChI=1S/C14H22ClN/c1-12-6-7-13(2)14(10-12)11-16-9-5-3-4-8-15/h6-7,10,16H,3-5,8-9,11H2,1-2H3. The Morgan fingerprint density at radius 2 is 1.94 bits per heavy atom. The zero-order chi connectivity index (χ0) is 11.8. The van der Waals surface area contributed by atoms with Crippen molar-refractivity contribution in [2.75, 3.05) is 12.4 Å². The third-order valence-electron chi connectivity index (χ3n) is 2.81. The largest absolute Gasteiger partial charge is 0.313 e. The minimum Gasteiger partial charge on any atom is -0.313 e. The fourth-order valence-electron chi connectivity index (χ4n) is 1.74. The highest BCUT2D eigenvalue weighted by Gasteiger charge is 1.97. The van der Waals surface area contributed by atoms with Gasteiger partial charge in [-0.3, -0.25) is 0 Å². The van der Waals surface area contributed by atoms with Crippen LogP contribution in [0.4, 0.5) is 0 Å². The van der Waals surface area contributed by atoms with Crippen LogP contribution in [0.1, 0.15) is 36.0 Å². The van der Waals surface area contributed by atoms with Gasteiger partial charge in [0.25, 0.3) is 0 Å². The molecule has 90 valence electrons. The molecule has 0 unspecified atom stereocenters. The topological polar surface area (TPSA) is 12.0 Å². The average Bonchev–Trinajstić information content (AvgIpc) is 2.28. The van der Waals surface area contributed by atoms with Gasteiger partial charge in [0.2, 0.25) is 0 Å². The van der Waals surface area contributed by atoms with Crippen LogP contribution in [-0.2, 0) is 6.54 Å². The molecule has 0 aliphatic heterocycles. The van der Waals surface area contributed by atoms with Gasteiger partial charge in [-0.15, -0.1) is 11.6 Å². The fraction of sp³-hybridized carbons (Fsp3) is 0.571. The Labute approximate surface area is 104 Å². The molecule has 1 aromatic carbocycles. The number of halogens is 1. The van der Waals surface area contributed by atoms with Crippen molar-refractivity contribution in [1.29, 1.82) is 0 Å². The number of benzene rings is 1. The van der Waals surface area contributed by atoms with Gasteiger partial charge >= 0.3 is 0 Å². The summed E-state index contributed by atoms with van der Waals surface area (Å²) < 4.78 is 0. The summed E-state index contributed by atoms with van der Waals surface area (Å²) in [7, 11) is 0. The molecule has 0 heterocycles. The number of alkyl halides is 1. The molecule has 0 radical (unpaired) electrons. The summed E-state index contributed by atoms with van der Waals surface area (Å²) in [4.78, 5) is 0. The van der Waals surface area contributed by atoms with E-state index >= 15 is 0 Å². The van der Waals surface area contributed by atoms with Crippen LogP contribution in [0.3, 0.4) is 0 Å². The number of aryl methyl sites for hydroxylation is 2. The van der Waals surface area contributed by atoms with E-state index in [1.165, 1.54) is 29.5 Å². The third kappa shape index (κ3) is 5.00. The molecular formula is C14H22ClN. The Hall–Kier alpha value is -0.530. The lowest BCUT2D eigenvalue weighted by Gasteiger charge is -2.08. The molecule has 0 saturated carbocycles. The van der Waals surface area contributed by atoms with Gasteiger partial charge in [-0.2, -0.15) is 0 Å². The first kappa shape index (κ1) is 13.5. The number of nitrogens with one attached hydrogen (secondary N) is 1. The summed E-state index contributed by atoms with van der Waals surface area (Å²) in [5, 5.41) is 3.49. The first-order chi connectivity index (χ1) is 7.74. The lowest BCUT2D eigenvalue weighted by atomic mass is 10.1. The smallest absolute Gasteiger partial charge is 0.0223 e. The maximum atomic E-state index is 5.63. The molecule has 0 saturated heterocycles. The van der Waals surface area contributed by atoms with Crippen molar-refractivity contribution in [3.8, 4) is 0 Å². The van der Waals surface area contributed by atoms with Crippen molar-refractivity contribution in [1.82, 2.24) is 5.32 Å². The molecule has 0 atom stereocenters. The van der Waals surface area contributed by atoms with E-state index in [9.17, 15) is 0 Å². The zero-order valence-corrected chi connectivity index (χ0v) is 11.1. The van der Waals surface area contributed by atoms with Gasteiger partial charge < -0.3 is 5.32 Å². The van der Waals surface area contributed by atoms with E-state index in [0.717, 1.165) is 25.4 Å². The van der Waals surface area contributed by atoms with Crippen LogP contribution in [0.25, 0.3) is 0 Å². The Kier molecular flexibility index (Phi) is 6.51. The summed E-state index contributed by atoms with van der Waals surface area (Å²) in [6.07, 6.45) is 3.58. The summed E-state index contributed by atoms with van der Waals surface area (Å²) in [6, 6.07) is 6.63. The first-order valence-corrected chi connectivity index (χ1v) is 6.60. The predicted molar refractivity (Wildman–Crippen MR) is 72.2 cm³/mol. The van der Waals surface area contributed by atoms with Crippen molar-refractivity contribution in [3.05, 3.63) is 34.9 Å². The van der Waals surface area contributed by atoms with Crippen LogP contribution in [0.15, 0.2) is 18.2 Å². The molecule has 0 bridgehead atoms. The summed E-state index contributed by atoms with van der Waals surface area (Å²) in [5.74, 6) is 0.789. The molecule has 0 amide bonds. The minimum absolute atomic E-state index is 0.789. The molecule has 16 heavy (non-hydrogen) atoms. The maximum Gasteiger partial charge on any atom is 0.0223 e.